The number of benzene rings is 8. The molecule has 2 nitrogen and oxygen atoms in total. The summed E-state index contributed by atoms with van der Waals surface area (Å²) >= 11 is 0. The number of hydrogen-bond donors (Lipinski definition) is 0. The van der Waals surface area contributed by atoms with Crippen LogP contribution in [0.15, 0.2) is 182 Å². The van der Waals surface area contributed by atoms with Gasteiger partial charge in [-0.2, -0.15) is 0 Å². The highest BCUT2D eigenvalue weighted by Crippen LogP contribution is 2.40. The number of fused-ring (bicyclic) bond motifs is 5. The van der Waals surface area contributed by atoms with Gasteiger partial charge in [0, 0.05) is 33.5 Å². The summed E-state index contributed by atoms with van der Waals surface area (Å²) < 4.78 is 2.37. The minimum absolute atomic E-state index is 1.11. The van der Waals surface area contributed by atoms with Crippen LogP contribution in [0.2, 0.25) is 0 Å². The fourth-order valence-electron chi connectivity index (χ4n) is 7.08. The molecule has 0 aliphatic rings. The summed E-state index contributed by atoms with van der Waals surface area (Å²) in [6.45, 7) is 0. The summed E-state index contributed by atoms with van der Waals surface area (Å²) in [5.41, 5.74) is 9.42. The maximum atomic E-state index is 2.37. The van der Waals surface area contributed by atoms with Gasteiger partial charge in [-0.25, -0.2) is 0 Å². The first-order valence-electron chi connectivity index (χ1n) is 15.8. The van der Waals surface area contributed by atoms with Crippen molar-refractivity contribution in [3.63, 3.8) is 0 Å². The van der Waals surface area contributed by atoms with Gasteiger partial charge in [-0.3, -0.25) is 0 Å². The summed E-state index contributed by atoms with van der Waals surface area (Å²) in [6, 6.07) is 65.6. The number of para-hydroxylation sites is 3. The van der Waals surface area contributed by atoms with Gasteiger partial charge in [-0.1, -0.05) is 115 Å². The number of hydrogen-bond acceptors (Lipinski definition) is 1. The van der Waals surface area contributed by atoms with Crippen molar-refractivity contribution < 1.29 is 0 Å². The lowest BCUT2D eigenvalue weighted by molar-refractivity contribution is 1.17. The van der Waals surface area contributed by atoms with Gasteiger partial charge in [0.05, 0.1) is 11.0 Å². The standard InChI is InChI=1S/C44H30N2/c1-2-14-34(15-3-1)45(36-26-28-37(29-27-36)46-42-20-10-8-18-40(42)41-19-9-11-21-43(41)46)35-24-22-31(23-25-35)44-38-16-6-4-12-32(38)30-33-13-5-7-17-39(33)44/h1-30H. The van der Waals surface area contributed by atoms with E-state index in [0.717, 1.165) is 22.7 Å². The van der Waals surface area contributed by atoms with E-state index < -0.39 is 0 Å². The monoisotopic (exact) mass is 586 g/mol. The molecule has 0 fully saturated rings. The topological polar surface area (TPSA) is 8.17 Å². The fourth-order valence-corrected chi connectivity index (χ4v) is 7.08. The first-order chi connectivity index (χ1) is 22.8. The molecule has 0 amide bonds. The molecule has 8 aromatic carbocycles. The molecular weight excluding hydrogens is 556 g/mol. The van der Waals surface area contributed by atoms with Crippen LogP contribution in [-0.4, -0.2) is 4.57 Å². The van der Waals surface area contributed by atoms with Crippen molar-refractivity contribution in [3.05, 3.63) is 182 Å². The van der Waals surface area contributed by atoms with Crippen molar-refractivity contribution >= 4 is 60.4 Å². The lowest BCUT2D eigenvalue weighted by atomic mass is 9.92. The number of aromatic nitrogens is 1. The minimum atomic E-state index is 1.11. The van der Waals surface area contributed by atoms with Gasteiger partial charge in [-0.05, 0) is 99.4 Å². The number of nitrogens with zero attached hydrogens (tertiary/aromatic N) is 2. The number of anilines is 3. The van der Waals surface area contributed by atoms with E-state index in [-0.39, 0.29) is 0 Å². The molecule has 0 N–H and O–H groups in total. The van der Waals surface area contributed by atoms with Crippen molar-refractivity contribution in [2.75, 3.05) is 4.90 Å². The lowest BCUT2D eigenvalue weighted by Gasteiger charge is -2.26. The van der Waals surface area contributed by atoms with Crippen molar-refractivity contribution in [1.29, 1.82) is 0 Å². The molecule has 0 saturated heterocycles. The maximum Gasteiger partial charge on any atom is 0.0541 e. The highest BCUT2D eigenvalue weighted by Gasteiger charge is 2.16. The molecular formula is C44H30N2. The lowest BCUT2D eigenvalue weighted by Crippen LogP contribution is -2.10. The van der Waals surface area contributed by atoms with Crippen molar-refractivity contribution in [1.82, 2.24) is 4.57 Å². The smallest absolute Gasteiger partial charge is 0.0541 e. The Morgan fingerprint density at radius 2 is 0.783 bits per heavy atom. The van der Waals surface area contributed by atoms with Crippen LogP contribution in [0.25, 0.3) is 60.2 Å². The van der Waals surface area contributed by atoms with Crippen LogP contribution >= 0.6 is 0 Å². The van der Waals surface area contributed by atoms with Crippen LogP contribution in [0.5, 0.6) is 0 Å². The fraction of sp³-hybridized carbons (Fsp3) is 0. The summed E-state index contributed by atoms with van der Waals surface area (Å²) in [5, 5.41) is 7.60. The van der Waals surface area contributed by atoms with Gasteiger partial charge in [0.15, 0.2) is 0 Å². The predicted molar refractivity (Wildman–Crippen MR) is 196 cm³/mol. The second-order valence-corrected chi connectivity index (χ2v) is 11.8. The van der Waals surface area contributed by atoms with Gasteiger partial charge in [-0.15, -0.1) is 0 Å². The summed E-state index contributed by atoms with van der Waals surface area (Å²) in [7, 11) is 0. The van der Waals surface area contributed by atoms with Gasteiger partial charge in [0.25, 0.3) is 0 Å². The van der Waals surface area contributed by atoms with E-state index >= 15 is 0 Å². The molecule has 0 bridgehead atoms. The SMILES string of the molecule is c1ccc(N(c2ccc(-c3c4ccccc4cc4ccccc34)cc2)c2ccc(-n3c4ccccc4c4ccccc43)cc2)cc1. The molecule has 0 unspecified atom stereocenters. The average Bonchev–Trinajstić information content (AvgIpc) is 3.46. The summed E-state index contributed by atoms with van der Waals surface area (Å²) in [5.74, 6) is 0. The maximum absolute atomic E-state index is 2.37. The molecule has 9 aromatic rings. The van der Waals surface area contributed by atoms with Gasteiger partial charge in [0.2, 0.25) is 0 Å². The quantitative estimate of drug-likeness (QED) is 0.182. The van der Waals surface area contributed by atoms with Gasteiger partial charge in [0.1, 0.15) is 0 Å². The minimum Gasteiger partial charge on any atom is -0.311 e. The zero-order valence-corrected chi connectivity index (χ0v) is 25.2. The Kier molecular flexibility index (Phi) is 6.17. The molecule has 1 aromatic heterocycles. The normalized spacial score (nSPS) is 11.5. The van der Waals surface area contributed by atoms with Crippen LogP contribution in [0.4, 0.5) is 17.1 Å². The van der Waals surface area contributed by atoms with Crippen molar-refractivity contribution in [2.24, 2.45) is 0 Å². The Bertz CT molecular complexity index is 2400. The van der Waals surface area contributed by atoms with E-state index in [1.807, 2.05) is 0 Å². The second-order valence-electron chi connectivity index (χ2n) is 11.8. The molecule has 0 atom stereocenters. The molecule has 0 aliphatic carbocycles. The Labute approximate surface area is 268 Å². The Morgan fingerprint density at radius 1 is 0.348 bits per heavy atom. The highest BCUT2D eigenvalue weighted by molar-refractivity contribution is 6.13. The Hall–Kier alpha value is -6.12. The average molecular weight is 587 g/mol. The van der Waals surface area contributed by atoms with E-state index in [9.17, 15) is 0 Å². The molecule has 0 radical (unpaired) electrons. The Balaban J connectivity index is 1.16. The van der Waals surface area contributed by atoms with Gasteiger partial charge >= 0.3 is 0 Å². The van der Waals surface area contributed by atoms with Crippen LogP contribution < -0.4 is 4.90 Å². The third kappa shape index (κ3) is 4.27. The second kappa shape index (κ2) is 10.8. The molecule has 9 rings (SSSR count). The van der Waals surface area contributed by atoms with E-state index in [1.54, 1.807) is 0 Å². The van der Waals surface area contributed by atoms with E-state index in [0.29, 0.717) is 0 Å². The van der Waals surface area contributed by atoms with Crippen LogP contribution in [0, 0.1) is 0 Å². The molecule has 1 heterocycles. The van der Waals surface area contributed by atoms with Crippen molar-refractivity contribution in [2.45, 2.75) is 0 Å². The summed E-state index contributed by atoms with van der Waals surface area (Å²) in [4.78, 5) is 2.33. The highest BCUT2D eigenvalue weighted by atomic mass is 15.1. The van der Waals surface area contributed by atoms with E-state index in [1.165, 1.54) is 54.5 Å². The summed E-state index contributed by atoms with van der Waals surface area (Å²) in [6.07, 6.45) is 0. The van der Waals surface area contributed by atoms with Crippen LogP contribution in [0.1, 0.15) is 0 Å². The predicted octanol–water partition coefficient (Wildman–Crippen LogP) is 12.2. The first-order valence-corrected chi connectivity index (χ1v) is 15.8. The molecule has 0 saturated carbocycles. The molecule has 46 heavy (non-hydrogen) atoms. The number of rotatable bonds is 5. The molecule has 0 spiro atoms. The molecule has 0 aliphatic heterocycles. The zero-order chi connectivity index (χ0) is 30.5. The van der Waals surface area contributed by atoms with E-state index in [2.05, 4.69) is 191 Å². The van der Waals surface area contributed by atoms with Crippen LogP contribution in [-0.2, 0) is 0 Å². The van der Waals surface area contributed by atoms with E-state index in [4.69, 9.17) is 0 Å². The first kappa shape index (κ1) is 26.3. The van der Waals surface area contributed by atoms with Crippen molar-refractivity contribution in [3.8, 4) is 16.8 Å². The van der Waals surface area contributed by atoms with Crippen LogP contribution in [0.3, 0.4) is 0 Å². The largest absolute Gasteiger partial charge is 0.311 e. The molecule has 216 valence electrons. The Morgan fingerprint density at radius 3 is 1.35 bits per heavy atom. The third-order valence-electron chi connectivity index (χ3n) is 9.15. The zero-order valence-electron chi connectivity index (χ0n) is 25.2. The molecule has 2 heteroatoms. The third-order valence-corrected chi connectivity index (χ3v) is 9.15. The van der Waals surface area contributed by atoms with Gasteiger partial charge < -0.3 is 9.47 Å².